The van der Waals surface area contributed by atoms with Crippen LogP contribution >= 0.6 is 0 Å². The average molecular weight is 399 g/mol. The summed E-state index contributed by atoms with van der Waals surface area (Å²) in [6.07, 6.45) is 2.90. The molecule has 9 heteroatoms. The first-order chi connectivity index (χ1) is 13.7. The predicted octanol–water partition coefficient (Wildman–Crippen LogP) is 3.23. The second-order valence-electron chi connectivity index (χ2n) is 5.95. The van der Waals surface area contributed by atoms with E-state index >= 15 is 0 Å². The van der Waals surface area contributed by atoms with Gasteiger partial charge in [0, 0.05) is 13.1 Å². The molecule has 1 aromatic carbocycles. The third kappa shape index (κ3) is 5.55. The van der Waals surface area contributed by atoms with Crippen LogP contribution in [0.4, 0.5) is 20.3 Å². The quantitative estimate of drug-likeness (QED) is 0.394. The minimum absolute atomic E-state index is 0.0981. The Labute approximate surface area is 166 Å². The molecule has 0 fully saturated rings. The van der Waals surface area contributed by atoms with E-state index in [2.05, 4.69) is 27.3 Å². The van der Waals surface area contributed by atoms with Crippen molar-refractivity contribution < 1.29 is 18.4 Å². The number of aromatic nitrogens is 1. The summed E-state index contributed by atoms with van der Waals surface area (Å²) in [6.45, 7) is 6.34. The highest BCUT2D eigenvalue weighted by Crippen LogP contribution is 2.22. The number of nitrogens with two attached hydrogens (primary N) is 1. The van der Waals surface area contributed by atoms with Gasteiger partial charge >= 0.3 is 0 Å². The molecule has 150 valence electrons. The molecule has 0 spiro atoms. The van der Waals surface area contributed by atoms with Crippen molar-refractivity contribution >= 4 is 35.6 Å². The van der Waals surface area contributed by atoms with E-state index in [9.17, 15) is 18.4 Å². The summed E-state index contributed by atoms with van der Waals surface area (Å²) in [6, 6.07) is 6.67. The molecule has 1 heterocycles. The predicted molar refractivity (Wildman–Crippen MR) is 108 cm³/mol. The Morgan fingerprint density at radius 3 is 2.59 bits per heavy atom. The molecule has 2 amide bonds. The lowest BCUT2D eigenvalue weighted by atomic mass is 10.0. The number of nitrogens with one attached hydrogen (secondary N) is 2. The number of aliphatic imine (C=N–C) groups is 1. The van der Waals surface area contributed by atoms with E-state index < -0.39 is 17.5 Å². The number of carbonyl (C=O) groups excluding carboxylic acids is 2. The fraction of sp³-hybridized carbons (Fsp3) is 0.100. The van der Waals surface area contributed by atoms with Crippen LogP contribution in [0.1, 0.15) is 19.4 Å². The van der Waals surface area contributed by atoms with E-state index in [-0.39, 0.29) is 23.0 Å². The van der Waals surface area contributed by atoms with E-state index in [0.717, 1.165) is 6.07 Å². The molecule has 0 aliphatic heterocycles. The van der Waals surface area contributed by atoms with Crippen molar-refractivity contribution in [1.82, 2.24) is 4.98 Å². The second kappa shape index (κ2) is 9.36. The maximum Gasteiger partial charge on any atom is 0.259 e. The second-order valence-corrected chi connectivity index (χ2v) is 5.95. The van der Waals surface area contributed by atoms with E-state index in [1.165, 1.54) is 31.3 Å². The van der Waals surface area contributed by atoms with Crippen LogP contribution in [0.5, 0.6) is 0 Å². The van der Waals surface area contributed by atoms with Gasteiger partial charge in [-0.15, -0.1) is 0 Å². The molecule has 0 radical (unpaired) electrons. The van der Waals surface area contributed by atoms with Crippen molar-refractivity contribution in [2.75, 3.05) is 10.6 Å². The summed E-state index contributed by atoms with van der Waals surface area (Å²) in [5.41, 5.74) is 6.55. The van der Waals surface area contributed by atoms with Crippen LogP contribution in [0.2, 0.25) is 0 Å². The van der Waals surface area contributed by atoms with Crippen LogP contribution in [0.25, 0.3) is 5.57 Å². The molecule has 1 aromatic heterocycles. The fourth-order valence-electron chi connectivity index (χ4n) is 2.36. The molecule has 0 bridgehead atoms. The van der Waals surface area contributed by atoms with Crippen molar-refractivity contribution in [2.45, 2.75) is 13.8 Å². The SMILES string of the molecule is C=N/C(N)=C(\C=C(/C)c1ccnc(NC(C)=O)c1)C(=O)Nc1cccc(F)c1F. The van der Waals surface area contributed by atoms with Gasteiger partial charge in [-0.05, 0) is 55.1 Å². The number of benzene rings is 1. The zero-order valence-corrected chi connectivity index (χ0v) is 15.8. The first-order valence-corrected chi connectivity index (χ1v) is 8.37. The minimum atomic E-state index is -1.19. The number of anilines is 2. The zero-order chi connectivity index (χ0) is 21.6. The normalized spacial score (nSPS) is 12.1. The van der Waals surface area contributed by atoms with Crippen molar-refractivity contribution in [3.8, 4) is 0 Å². The van der Waals surface area contributed by atoms with Crippen LogP contribution in [0.3, 0.4) is 0 Å². The summed E-state index contributed by atoms with van der Waals surface area (Å²) in [5.74, 6) is -3.25. The summed E-state index contributed by atoms with van der Waals surface area (Å²) in [7, 11) is 0. The van der Waals surface area contributed by atoms with Crippen molar-refractivity contribution in [2.24, 2.45) is 10.7 Å². The first-order valence-electron chi connectivity index (χ1n) is 8.37. The van der Waals surface area contributed by atoms with E-state index in [1.54, 1.807) is 19.1 Å². The van der Waals surface area contributed by atoms with Gasteiger partial charge in [-0.3, -0.25) is 9.59 Å². The van der Waals surface area contributed by atoms with Gasteiger partial charge in [-0.2, -0.15) is 0 Å². The summed E-state index contributed by atoms with van der Waals surface area (Å²) in [4.78, 5) is 31.4. The molecular formula is C20H19F2N5O2. The van der Waals surface area contributed by atoms with Gasteiger partial charge in [0.15, 0.2) is 11.6 Å². The molecule has 7 nitrogen and oxygen atoms in total. The molecule has 0 saturated heterocycles. The van der Waals surface area contributed by atoms with Gasteiger partial charge < -0.3 is 16.4 Å². The number of rotatable bonds is 6. The Hall–Kier alpha value is -3.88. The van der Waals surface area contributed by atoms with E-state index in [4.69, 9.17) is 5.73 Å². The van der Waals surface area contributed by atoms with Crippen LogP contribution in [0.15, 0.2) is 59.0 Å². The summed E-state index contributed by atoms with van der Waals surface area (Å²) in [5, 5.41) is 4.82. The molecule has 0 atom stereocenters. The monoisotopic (exact) mass is 399 g/mol. The Kier molecular flexibility index (Phi) is 6.91. The topological polar surface area (TPSA) is 109 Å². The molecule has 29 heavy (non-hydrogen) atoms. The molecule has 4 N–H and O–H groups in total. The highest BCUT2D eigenvalue weighted by atomic mass is 19.2. The van der Waals surface area contributed by atoms with Crippen LogP contribution in [0, 0.1) is 11.6 Å². The van der Waals surface area contributed by atoms with Gasteiger partial charge in [-0.1, -0.05) is 6.07 Å². The number of hydrogen-bond acceptors (Lipinski definition) is 5. The lowest BCUT2D eigenvalue weighted by molar-refractivity contribution is -0.114. The number of carbonyl (C=O) groups is 2. The maximum atomic E-state index is 13.9. The first kappa shape index (κ1) is 21.4. The molecule has 0 aliphatic carbocycles. The van der Waals surface area contributed by atoms with Gasteiger partial charge in [0.2, 0.25) is 5.91 Å². The van der Waals surface area contributed by atoms with E-state index in [0.29, 0.717) is 17.0 Å². The zero-order valence-electron chi connectivity index (χ0n) is 15.8. The van der Waals surface area contributed by atoms with Gasteiger partial charge in [-0.25, -0.2) is 18.8 Å². The Balaban J connectivity index is 2.38. The smallest absolute Gasteiger partial charge is 0.259 e. The number of nitrogens with zero attached hydrogens (tertiary/aromatic N) is 2. The number of allylic oxidation sites excluding steroid dienone is 1. The number of halogens is 2. The molecule has 2 aromatic rings. The van der Waals surface area contributed by atoms with Crippen molar-refractivity contribution in [3.05, 3.63) is 71.2 Å². The average Bonchev–Trinajstić information content (AvgIpc) is 2.68. The number of pyridine rings is 1. The van der Waals surface area contributed by atoms with Crippen LogP contribution < -0.4 is 16.4 Å². The van der Waals surface area contributed by atoms with Crippen LogP contribution in [-0.4, -0.2) is 23.5 Å². The van der Waals surface area contributed by atoms with Gasteiger partial charge in [0.25, 0.3) is 5.91 Å². The lowest BCUT2D eigenvalue weighted by Gasteiger charge is -2.10. The molecule has 0 aliphatic rings. The highest BCUT2D eigenvalue weighted by molar-refractivity contribution is 6.07. The summed E-state index contributed by atoms with van der Waals surface area (Å²) >= 11 is 0. The third-order valence-electron chi connectivity index (χ3n) is 3.77. The fourth-order valence-corrected chi connectivity index (χ4v) is 2.36. The van der Waals surface area contributed by atoms with Crippen LogP contribution in [-0.2, 0) is 9.59 Å². The standard InChI is InChI=1S/C20H19F2N5O2/c1-11(13-7-8-25-17(10-13)26-12(2)28)9-14(19(23)24-3)20(29)27-16-6-4-5-15(21)18(16)22/h4-10H,3,23H2,1-2H3,(H,27,29)(H,25,26,28)/b11-9+,19-14+. The van der Waals surface area contributed by atoms with Crippen molar-refractivity contribution in [3.63, 3.8) is 0 Å². The highest BCUT2D eigenvalue weighted by Gasteiger charge is 2.16. The van der Waals surface area contributed by atoms with E-state index in [1.807, 2.05) is 0 Å². The molecule has 0 unspecified atom stereocenters. The van der Waals surface area contributed by atoms with Gasteiger partial charge in [0.05, 0.1) is 11.3 Å². The number of hydrogen-bond donors (Lipinski definition) is 3. The molecule has 0 saturated carbocycles. The van der Waals surface area contributed by atoms with Crippen molar-refractivity contribution in [1.29, 1.82) is 0 Å². The Morgan fingerprint density at radius 2 is 1.93 bits per heavy atom. The third-order valence-corrected chi connectivity index (χ3v) is 3.77. The van der Waals surface area contributed by atoms with Gasteiger partial charge in [0.1, 0.15) is 11.6 Å². The lowest BCUT2D eigenvalue weighted by Crippen LogP contribution is -2.18. The largest absolute Gasteiger partial charge is 0.383 e. The Bertz CT molecular complexity index is 1030. The molecular weight excluding hydrogens is 380 g/mol. The Morgan fingerprint density at radius 1 is 1.21 bits per heavy atom. The number of amides is 2. The summed E-state index contributed by atoms with van der Waals surface area (Å²) < 4.78 is 27.2. The minimum Gasteiger partial charge on any atom is -0.383 e. The molecule has 2 rings (SSSR count). The maximum absolute atomic E-state index is 13.9.